The summed E-state index contributed by atoms with van der Waals surface area (Å²) in [6.07, 6.45) is 1.69. The van der Waals surface area contributed by atoms with Gasteiger partial charge in [0.05, 0.1) is 16.3 Å². The minimum atomic E-state index is -1.32. The molecule has 6 nitrogen and oxygen atoms in total. The first kappa shape index (κ1) is 18.2. The van der Waals surface area contributed by atoms with Crippen LogP contribution in [0, 0.1) is 0 Å². The van der Waals surface area contributed by atoms with Gasteiger partial charge >= 0.3 is 0 Å². The monoisotopic (exact) mass is 349 g/mol. The molecule has 7 heteroatoms. The zero-order chi connectivity index (χ0) is 17.7. The molecule has 1 aromatic carbocycles. The lowest BCUT2D eigenvalue weighted by Gasteiger charge is -2.24. The SMILES string of the molecule is CC(C)(O)[C@H](N)C(=O)Nc1ccc(OCc2ccccn2)c(Cl)c1. The maximum Gasteiger partial charge on any atom is 0.244 e. The highest BCUT2D eigenvalue weighted by Crippen LogP contribution is 2.28. The molecule has 128 valence electrons. The van der Waals surface area contributed by atoms with Crippen LogP contribution in [-0.2, 0) is 11.4 Å². The van der Waals surface area contributed by atoms with Gasteiger partial charge in [-0.05, 0) is 44.2 Å². The van der Waals surface area contributed by atoms with Crippen LogP contribution in [0.25, 0.3) is 0 Å². The van der Waals surface area contributed by atoms with Gasteiger partial charge in [0.1, 0.15) is 18.4 Å². The minimum absolute atomic E-state index is 0.288. The highest BCUT2D eigenvalue weighted by Gasteiger charge is 2.29. The van der Waals surface area contributed by atoms with Gasteiger partial charge in [0.2, 0.25) is 5.91 Å². The molecule has 4 N–H and O–H groups in total. The van der Waals surface area contributed by atoms with Crippen LogP contribution in [0.2, 0.25) is 5.02 Å². The predicted molar refractivity (Wildman–Crippen MR) is 92.9 cm³/mol. The van der Waals surface area contributed by atoms with E-state index in [0.29, 0.717) is 16.5 Å². The van der Waals surface area contributed by atoms with Crippen molar-refractivity contribution < 1.29 is 14.6 Å². The highest BCUT2D eigenvalue weighted by atomic mass is 35.5. The number of nitrogens with one attached hydrogen (secondary N) is 1. The van der Waals surface area contributed by atoms with E-state index in [4.69, 9.17) is 22.1 Å². The fraction of sp³-hybridized carbons (Fsp3) is 0.294. The molecule has 0 saturated carbocycles. The number of carbonyl (C=O) groups excluding carboxylic acids is 1. The van der Waals surface area contributed by atoms with Crippen LogP contribution in [0.4, 0.5) is 5.69 Å². The van der Waals surface area contributed by atoms with Gasteiger partial charge in [-0.25, -0.2) is 0 Å². The zero-order valence-electron chi connectivity index (χ0n) is 13.5. The molecule has 1 heterocycles. The van der Waals surface area contributed by atoms with Crippen LogP contribution >= 0.6 is 11.6 Å². The molecule has 1 amide bonds. The van der Waals surface area contributed by atoms with Gasteiger partial charge in [0, 0.05) is 11.9 Å². The third kappa shape index (κ3) is 4.92. The van der Waals surface area contributed by atoms with Crippen LogP contribution in [0.1, 0.15) is 19.5 Å². The lowest BCUT2D eigenvalue weighted by atomic mass is 9.99. The number of nitrogens with zero attached hydrogens (tertiary/aromatic N) is 1. The first-order valence-electron chi connectivity index (χ1n) is 7.38. The number of anilines is 1. The summed E-state index contributed by atoms with van der Waals surface area (Å²) in [5, 5.41) is 12.7. The topological polar surface area (TPSA) is 97.5 Å². The lowest BCUT2D eigenvalue weighted by molar-refractivity contribution is -0.122. The summed E-state index contributed by atoms with van der Waals surface area (Å²) in [6, 6.07) is 9.34. The molecule has 0 saturated heterocycles. The molecule has 0 aliphatic heterocycles. The normalized spacial score (nSPS) is 12.5. The van der Waals surface area contributed by atoms with Gasteiger partial charge in [-0.2, -0.15) is 0 Å². The number of aromatic nitrogens is 1. The molecule has 0 unspecified atom stereocenters. The van der Waals surface area contributed by atoms with E-state index in [1.807, 2.05) is 18.2 Å². The molecule has 0 fully saturated rings. The molecule has 2 aromatic rings. The third-order valence-electron chi connectivity index (χ3n) is 3.34. The Morgan fingerprint density at radius 1 is 1.42 bits per heavy atom. The second-order valence-electron chi connectivity index (χ2n) is 5.88. The number of hydrogen-bond donors (Lipinski definition) is 3. The van der Waals surface area contributed by atoms with Gasteiger partial charge in [0.25, 0.3) is 0 Å². The Balaban J connectivity index is 2.00. The van der Waals surface area contributed by atoms with E-state index in [1.54, 1.807) is 24.4 Å². The van der Waals surface area contributed by atoms with E-state index < -0.39 is 17.6 Å². The molecule has 0 spiro atoms. The van der Waals surface area contributed by atoms with Crippen LogP contribution in [0.15, 0.2) is 42.6 Å². The van der Waals surface area contributed by atoms with E-state index in [1.165, 1.54) is 13.8 Å². The van der Waals surface area contributed by atoms with E-state index in [0.717, 1.165) is 5.69 Å². The summed E-state index contributed by atoms with van der Waals surface area (Å²) in [5.41, 5.74) is 5.62. The molecular formula is C17H20ClN3O3. The summed E-state index contributed by atoms with van der Waals surface area (Å²) in [7, 11) is 0. The molecule has 0 aliphatic carbocycles. The molecule has 0 aliphatic rings. The van der Waals surface area contributed by atoms with Gasteiger partial charge in [-0.1, -0.05) is 17.7 Å². The average Bonchev–Trinajstić information content (AvgIpc) is 2.53. The number of halogens is 1. The van der Waals surface area contributed by atoms with E-state index >= 15 is 0 Å². The van der Waals surface area contributed by atoms with Crippen molar-refractivity contribution in [2.75, 3.05) is 5.32 Å². The summed E-state index contributed by atoms with van der Waals surface area (Å²) >= 11 is 6.17. The summed E-state index contributed by atoms with van der Waals surface area (Å²) in [4.78, 5) is 16.1. The first-order chi connectivity index (χ1) is 11.3. The Kier molecular flexibility index (Phi) is 5.77. The van der Waals surface area contributed by atoms with Crippen molar-refractivity contribution in [3.63, 3.8) is 0 Å². The fourth-order valence-corrected chi connectivity index (χ4v) is 2.11. The highest BCUT2D eigenvalue weighted by molar-refractivity contribution is 6.32. The van der Waals surface area contributed by atoms with Crippen molar-refractivity contribution in [2.45, 2.75) is 32.1 Å². The number of hydrogen-bond acceptors (Lipinski definition) is 5. The van der Waals surface area contributed by atoms with E-state index in [9.17, 15) is 9.90 Å². The Morgan fingerprint density at radius 2 is 2.17 bits per heavy atom. The molecule has 1 aromatic heterocycles. The summed E-state index contributed by atoms with van der Waals surface area (Å²) in [5.74, 6) is -0.0205. The van der Waals surface area contributed by atoms with Crippen molar-refractivity contribution in [1.29, 1.82) is 0 Å². The van der Waals surface area contributed by atoms with Crippen molar-refractivity contribution >= 4 is 23.2 Å². The van der Waals surface area contributed by atoms with Crippen LogP contribution < -0.4 is 15.8 Å². The quantitative estimate of drug-likeness (QED) is 0.743. The van der Waals surface area contributed by atoms with Crippen molar-refractivity contribution in [1.82, 2.24) is 4.98 Å². The second-order valence-corrected chi connectivity index (χ2v) is 6.28. The maximum absolute atomic E-state index is 12.0. The number of carbonyl (C=O) groups is 1. The van der Waals surface area contributed by atoms with Gasteiger partial charge < -0.3 is 20.9 Å². The Bertz CT molecular complexity index is 702. The number of benzene rings is 1. The average molecular weight is 350 g/mol. The Labute approximate surface area is 145 Å². The second kappa shape index (κ2) is 7.61. The van der Waals surface area contributed by atoms with Crippen molar-refractivity contribution in [3.05, 3.63) is 53.3 Å². The predicted octanol–water partition coefficient (Wildman–Crippen LogP) is 2.35. The van der Waals surface area contributed by atoms with Crippen molar-refractivity contribution in [3.8, 4) is 5.75 Å². The minimum Gasteiger partial charge on any atom is -0.486 e. The maximum atomic E-state index is 12.0. The fourth-order valence-electron chi connectivity index (χ4n) is 1.87. The largest absolute Gasteiger partial charge is 0.486 e. The van der Waals surface area contributed by atoms with Crippen molar-refractivity contribution in [2.24, 2.45) is 5.73 Å². The molecule has 24 heavy (non-hydrogen) atoms. The Hall–Kier alpha value is -2.15. The summed E-state index contributed by atoms with van der Waals surface area (Å²) in [6.45, 7) is 3.23. The van der Waals surface area contributed by atoms with Gasteiger partial charge in [0.15, 0.2) is 0 Å². The van der Waals surface area contributed by atoms with Gasteiger partial charge in [-0.15, -0.1) is 0 Å². The number of nitrogens with two attached hydrogens (primary N) is 1. The smallest absolute Gasteiger partial charge is 0.244 e. The summed E-state index contributed by atoms with van der Waals surface area (Å²) < 4.78 is 5.61. The number of aliphatic hydroxyl groups is 1. The van der Waals surface area contributed by atoms with Gasteiger partial charge in [-0.3, -0.25) is 9.78 Å². The lowest BCUT2D eigenvalue weighted by Crippen LogP contribution is -2.51. The third-order valence-corrected chi connectivity index (χ3v) is 3.64. The molecule has 2 rings (SSSR count). The van der Waals surface area contributed by atoms with Crippen LogP contribution in [0.5, 0.6) is 5.75 Å². The number of rotatable bonds is 6. The molecule has 1 atom stereocenters. The number of amides is 1. The first-order valence-corrected chi connectivity index (χ1v) is 7.76. The molecule has 0 radical (unpaired) electrons. The van der Waals surface area contributed by atoms with E-state index in [-0.39, 0.29) is 6.61 Å². The number of pyridine rings is 1. The van der Waals surface area contributed by atoms with Crippen LogP contribution in [0.3, 0.4) is 0 Å². The Morgan fingerprint density at radius 3 is 2.75 bits per heavy atom. The standard InChI is InChI=1S/C17H20ClN3O3/c1-17(2,23)15(19)16(22)21-11-6-7-14(13(18)9-11)24-10-12-5-3-4-8-20-12/h3-9,15,23H,10,19H2,1-2H3,(H,21,22)/t15-/m1/s1. The number of ether oxygens (including phenoxy) is 1. The van der Waals surface area contributed by atoms with Crippen LogP contribution in [-0.4, -0.2) is 27.6 Å². The zero-order valence-corrected chi connectivity index (χ0v) is 14.2. The molecule has 0 bridgehead atoms. The molecular weight excluding hydrogens is 330 g/mol. The van der Waals surface area contributed by atoms with E-state index in [2.05, 4.69) is 10.3 Å².